The molecule has 1 rings (SSSR count). The first-order valence-corrected chi connectivity index (χ1v) is 12.6. The van der Waals surface area contributed by atoms with Crippen LogP contribution in [-0.4, -0.2) is 42.1 Å². The summed E-state index contributed by atoms with van der Waals surface area (Å²) in [5, 5.41) is 2.64. The molecule has 1 atom stereocenters. The number of ether oxygens (including phenoxy) is 2. The second kappa shape index (κ2) is 11.4. The minimum atomic E-state index is -0.849. The van der Waals surface area contributed by atoms with Crippen molar-refractivity contribution in [3.8, 4) is 5.75 Å². The Morgan fingerprint density at radius 2 is 1.56 bits per heavy atom. The normalized spacial score (nSPS) is 13.3. The van der Waals surface area contributed by atoms with Crippen LogP contribution < -0.4 is 9.84 Å². The van der Waals surface area contributed by atoms with Gasteiger partial charge >= 0.3 is 12.1 Å². The third kappa shape index (κ3) is 8.97. The fourth-order valence-electron chi connectivity index (χ4n) is 3.31. The zero-order valence-electron chi connectivity index (χ0n) is 21.7. The van der Waals surface area contributed by atoms with Gasteiger partial charge in [-0.2, -0.15) is 0 Å². The molecule has 0 spiro atoms. The summed E-state index contributed by atoms with van der Waals surface area (Å²) in [5.41, 5.74) is 2.06. The fraction of sp³-hybridized carbons (Fsp3) is 0.680. The maximum atomic E-state index is 12.3. The maximum Gasteiger partial charge on any atom is 0.408 e. The molecular formula is C25H42NO5P. The monoisotopic (exact) mass is 467 g/mol. The van der Waals surface area contributed by atoms with Crippen molar-refractivity contribution in [1.82, 2.24) is 5.32 Å². The van der Waals surface area contributed by atoms with Gasteiger partial charge in [-0.3, -0.25) is 0 Å². The number of amides is 1. The second-order valence-electron chi connectivity index (χ2n) is 10.6. The van der Waals surface area contributed by atoms with Gasteiger partial charge < -0.3 is 19.3 Å². The summed E-state index contributed by atoms with van der Waals surface area (Å²) in [5.74, 6) is 0.362. The van der Waals surface area contributed by atoms with Crippen LogP contribution in [0.1, 0.15) is 80.4 Å². The highest BCUT2D eigenvalue weighted by Crippen LogP contribution is 2.49. The molecule has 0 aliphatic heterocycles. The van der Waals surface area contributed by atoms with E-state index >= 15 is 0 Å². The number of nitrogens with one attached hydrogen (secondary N) is 1. The smallest absolute Gasteiger partial charge is 0.408 e. The lowest BCUT2D eigenvalue weighted by molar-refractivity contribution is -0.143. The van der Waals surface area contributed by atoms with E-state index in [1.807, 2.05) is 12.1 Å². The summed E-state index contributed by atoms with van der Waals surface area (Å²) in [6.07, 6.45) is -0.360. The van der Waals surface area contributed by atoms with Gasteiger partial charge in [0.15, 0.2) is 0 Å². The highest BCUT2D eigenvalue weighted by atomic mass is 31.1. The lowest BCUT2D eigenvalue weighted by atomic mass is 9.85. The summed E-state index contributed by atoms with van der Waals surface area (Å²) in [4.78, 5) is 24.6. The molecule has 1 unspecified atom stereocenters. The minimum absolute atomic E-state index is 0.153. The van der Waals surface area contributed by atoms with E-state index in [9.17, 15) is 9.59 Å². The maximum absolute atomic E-state index is 12.3. The molecule has 0 aliphatic carbocycles. The molecule has 0 aromatic heterocycles. The molecule has 0 heterocycles. The molecule has 7 heteroatoms. The zero-order valence-corrected chi connectivity index (χ0v) is 22.6. The summed E-state index contributed by atoms with van der Waals surface area (Å²) < 4.78 is 16.7. The van der Waals surface area contributed by atoms with Crippen molar-refractivity contribution in [3.05, 3.63) is 29.3 Å². The van der Waals surface area contributed by atoms with Gasteiger partial charge in [0.2, 0.25) is 0 Å². The van der Waals surface area contributed by atoms with Crippen LogP contribution in [0, 0.1) is 0 Å². The number of carbonyl (C=O) groups is 2. The van der Waals surface area contributed by atoms with Gasteiger partial charge in [0.05, 0.1) is 15.3 Å². The average Bonchev–Trinajstić information content (AvgIpc) is 2.62. The number of esters is 1. The number of carbonyl (C=O) groups excluding carboxylic acids is 2. The first-order chi connectivity index (χ1) is 14.5. The van der Waals surface area contributed by atoms with E-state index in [1.165, 1.54) is 7.11 Å². The predicted molar refractivity (Wildman–Crippen MR) is 132 cm³/mol. The third-order valence-corrected chi connectivity index (χ3v) is 7.13. The van der Waals surface area contributed by atoms with Gasteiger partial charge in [0, 0.05) is 23.3 Å². The third-order valence-electron chi connectivity index (χ3n) is 4.69. The van der Waals surface area contributed by atoms with Crippen LogP contribution >= 0.6 is 8.15 Å². The molecular weight excluding hydrogens is 425 g/mol. The Kier molecular flexibility index (Phi) is 10.0. The van der Waals surface area contributed by atoms with Crippen LogP contribution in [0.25, 0.3) is 0 Å². The first kappa shape index (κ1) is 28.2. The van der Waals surface area contributed by atoms with Crippen LogP contribution in [0.2, 0.25) is 0 Å². The van der Waals surface area contributed by atoms with Gasteiger partial charge in [-0.15, -0.1) is 0 Å². The van der Waals surface area contributed by atoms with Gasteiger partial charge in [-0.1, -0.05) is 60.6 Å². The summed E-state index contributed by atoms with van der Waals surface area (Å²) >= 11 is 0. The number of hydrogen-bond acceptors (Lipinski definition) is 5. The van der Waals surface area contributed by atoms with E-state index in [4.69, 9.17) is 14.0 Å². The van der Waals surface area contributed by atoms with Crippen LogP contribution in [0.5, 0.6) is 5.75 Å². The molecule has 1 N–H and O–H groups in total. The van der Waals surface area contributed by atoms with Crippen LogP contribution in [0.4, 0.5) is 4.79 Å². The fourth-order valence-corrected chi connectivity index (χ4v) is 5.31. The molecule has 0 saturated heterocycles. The predicted octanol–water partition coefficient (Wildman–Crippen LogP) is 6.19. The van der Waals surface area contributed by atoms with Crippen LogP contribution in [0.3, 0.4) is 0 Å². The molecule has 0 aliphatic rings. The lowest BCUT2D eigenvalue weighted by Crippen LogP contribution is -2.45. The molecule has 1 amide bonds. The Morgan fingerprint density at radius 3 is 2.00 bits per heavy atom. The van der Waals surface area contributed by atoms with Crippen molar-refractivity contribution in [2.45, 2.75) is 104 Å². The Bertz CT molecular complexity index is 770. The molecule has 182 valence electrons. The topological polar surface area (TPSA) is 73.9 Å². The zero-order chi connectivity index (χ0) is 24.9. The molecule has 1 aromatic rings. The summed E-state index contributed by atoms with van der Waals surface area (Å²) in [6, 6.07) is 5.15. The van der Waals surface area contributed by atoms with Crippen molar-refractivity contribution in [2.75, 3.05) is 7.11 Å². The largest absolute Gasteiger partial charge is 0.473 e. The van der Waals surface area contributed by atoms with Gasteiger partial charge in [-0.25, -0.2) is 9.59 Å². The van der Waals surface area contributed by atoms with Crippen molar-refractivity contribution in [3.63, 3.8) is 0 Å². The number of rotatable bonds is 8. The summed E-state index contributed by atoms with van der Waals surface area (Å²) in [6.45, 7) is 20.5. The Hall–Kier alpha value is -1.81. The first-order valence-electron chi connectivity index (χ1n) is 11.2. The van der Waals surface area contributed by atoms with Crippen LogP contribution in [-0.2, 0) is 26.1 Å². The van der Waals surface area contributed by atoms with Gasteiger partial charge in [0.25, 0.3) is 0 Å². The van der Waals surface area contributed by atoms with Gasteiger partial charge in [0.1, 0.15) is 17.4 Å². The molecule has 1 aromatic carbocycles. The van der Waals surface area contributed by atoms with E-state index < -0.39 is 31.9 Å². The Labute approximate surface area is 195 Å². The number of alkyl carbamates (subject to hydrolysis) is 1. The SMILES string of the molecule is COC(=O)C(Cc1ccc(OP(C(C)C)C(C)C)c(C(C)(C)C)c1)NC(=O)OC(C)(C)C. The Balaban J connectivity index is 3.22. The standard InChI is InChI=1S/C25H42NO5P/c1-16(2)32(17(3)4)31-21-13-12-18(14-19(21)24(5,6)7)15-20(22(27)29-11)26-23(28)30-25(8,9)10/h12-14,16-17,20H,15H2,1-11H3,(H,26,28). The van der Waals surface area contributed by atoms with Crippen LogP contribution in [0.15, 0.2) is 18.2 Å². The second-order valence-corrected chi connectivity index (χ2v) is 13.6. The van der Waals surface area contributed by atoms with E-state index in [-0.39, 0.29) is 5.41 Å². The lowest BCUT2D eigenvalue weighted by Gasteiger charge is -2.30. The quantitative estimate of drug-likeness (QED) is 0.365. The molecule has 0 fully saturated rings. The number of methoxy groups -OCH3 is 1. The molecule has 0 bridgehead atoms. The van der Waals surface area contributed by atoms with Crippen molar-refractivity contribution in [1.29, 1.82) is 0 Å². The molecule has 0 radical (unpaired) electrons. The number of benzene rings is 1. The van der Waals surface area contributed by atoms with Gasteiger partial charge in [-0.05, 0) is 37.8 Å². The Morgan fingerprint density at radius 1 is 1.00 bits per heavy atom. The van der Waals surface area contributed by atoms with Crippen molar-refractivity contribution < 1.29 is 23.6 Å². The molecule has 32 heavy (non-hydrogen) atoms. The highest BCUT2D eigenvalue weighted by molar-refractivity contribution is 7.54. The summed E-state index contributed by atoms with van der Waals surface area (Å²) in [7, 11) is 0.679. The average molecular weight is 468 g/mol. The minimum Gasteiger partial charge on any atom is -0.473 e. The van der Waals surface area contributed by atoms with Crippen molar-refractivity contribution in [2.24, 2.45) is 0 Å². The van der Waals surface area contributed by atoms with E-state index in [1.54, 1.807) is 20.8 Å². The van der Waals surface area contributed by atoms with E-state index in [2.05, 4.69) is 59.8 Å². The molecule has 0 saturated carbocycles. The highest BCUT2D eigenvalue weighted by Gasteiger charge is 2.28. The van der Waals surface area contributed by atoms with Crippen molar-refractivity contribution >= 4 is 20.2 Å². The molecule has 6 nitrogen and oxygen atoms in total. The van der Waals surface area contributed by atoms with E-state index in [0.29, 0.717) is 17.7 Å². The van der Waals surface area contributed by atoms with E-state index in [0.717, 1.165) is 16.9 Å². The number of hydrogen-bond donors (Lipinski definition) is 1.